The zero-order valence-electron chi connectivity index (χ0n) is 14.3. The van der Waals surface area contributed by atoms with Gasteiger partial charge in [-0.1, -0.05) is 0 Å². The minimum atomic E-state index is -0.642. The van der Waals surface area contributed by atoms with Crippen molar-refractivity contribution in [2.75, 3.05) is 32.1 Å². The number of piperidine rings is 1. The van der Waals surface area contributed by atoms with E-state index >= 15 is 0 Å². The van der Waals surface area contributed by atoms with Gasteiger partial charge in [0, 0.05) is 31.4 Å². The average molecular weight is 336 g/mol. The van der Waals surface area contributed by atoms with E-state index in [0.29, 0.717) is 18.5 Å². The molecule has 24 heavy (non-hydrogen) atoms. The van der Waals surface area contributed by atoms with E-state index in [4.69, 9.17) is 0 Å². The molecule has 1 aromatic heterocycles. The quantitative estimate of drug-likeness (QED) is 0.483. The first kappa shape index (κ1) is 18.1. The Balaban J connectivity index is 2.06. The predicted molar refractivity (Wildman–Crippen MR) is 90.2 cm³/mol. The van der Waals surface area contributed by atoms with Crippen LogP contribution in [0.1, 0.15) is 37.0 Å². The highest BCUT2D eigenvalue weighted by Crippen LogP contribution is 2.25. The fraction of sp³-hybridized carbons (Fsp3) is 0.625. The Morgan fingerprint density at radius 3 is 2.96 bits per heavy atom. The van der Waals surface area contributed by atoms with Gasteiger partial charge >= 0.3 is 11.7 Å². The molecule has 1 saturated heterocycles. The van der Waals surface area contributed by atoms with Crippen LogP contribution in [0.2, 0.25) is 0 Å². The van der Waals surface area contributed by atoms with Gasteiger partial charge in [-0.25, -0.2) is 9.78 Å². The molecule has 0 aromatic carbocycles. The zero-order chi connectivity index (χ0) is 17.7. The maximum absolute atomic E-state index is 11.5. The van der Waals surface area contributed by atoms with Crippen molar-refractivity contribution in [2.24, 2.45) is 5.92 Å². The second-order valence-corrected chi connectivity index (χ2v) is 6.32. The van der Waals surface area contributed by atoms with Crippen molar-refractivity contribution in [3.63, 3.8) is 0 Å². The number of anilines is 1. The number of methoxy groups -OCH3 is 1. The molecule has 0 saturated carbocycles. The van der Waals surface area contributed by atoms with E-state index in [-0.39, 0.29) is 17.1 Å². The molecule has 1 fully saturated rings. The van der Waals surface area contributed by atoms with Crippen molar-refractivity contribution in [3.05, 3.63) is 27.9 Å². The second kappa shape index (κ2) is 8.05. The van der Waals surface area contributed by atoms with Gasteiger partial charge in [-0.2, -0.15) is 0 Å². The molecule has 1 aliphatic rings. The third kappa shape index (κ3) is 4.41. The molecule has 1 aromatic rings. The summed E-state index contributed by atoms with van der Waals surface area (Å²) in [6.07, 6.45) is 3.51. The minimum absolute atomic E-state index is 0.0680. The molecular weight excluding hydrogens is 312 g/mol. The van der Waals surface area contributed by atoms with Crippen molar-refractivity contribution in [2.45, 2.75) is 32.7 Å². The van der Waals surface area contributed by atoms with Gasteiger partial charge < -0.3 is 15.0 Å². The van der Waals surface area contributed by atoms with E-state index in [0.717, 1.165) is 25.9 Å². The number of nitrogens with zero attached hydrogens (tertiary/aromatic N) is 3. The number of likely N-dealkylation sites (tertiary alicyclic amines) is 1. The SMILES string of the molecule is COC(=O)c1cnc(NCC2CCCN(C(C)C)C2)c([N+](=O)[O-])c1. The lowest BCUT2D eigenvalue weighted by Gasteiger charge is -2.35. The molecule has 0 spiro atoms. The third-order valence-electron chi connectivity index (χ3n) is 4.32. The van der Waals surface area contributed by atoms with Crippen LogP contribution in [0.5, 0.6) is 0 Å². The first-order valence-corrected chi connectivity index (χ1v) is 8.13. The summed E-state index contributed by atoms with van der Waals surface area (Å²) in [4.78, 5) is 28.7. The number of pyridine rings is 1. The number of hydrogen-bond donors (Lipinski definition) is 1. The van der Waals surface area contributed by atoms with Crippen molar-refractivity contribution >= 4 is 17.5 Å². The van der Waals surface area contributed by atoms with Crippen LogP contribution < -0.4 is 5.32 Å². The molecule has 8 heteroatoms. The number of nitrogens with one attached hydrogen (secondary N) is 1. The Hall–Kier alpha value is -2.22. The Morgan fingerprint density at radius 1 is 1.58 bits per heavy atom. The van der Waals surface area contributed by atoms with Gasteiger partial charge in [0.2, 0.25) is 5.82 Å². The third-order valence-corrected chi connectivity index (χ3v) is 4.32. The highest BCUT2D eigenvalue weighted by molar-refractivity contribution is 5.90. The van der Waals surface area contributed by atoms with E-state index in [1.165, 1.54) is 19.4 Å². The topological polar surface area (TPSA) is 97.6 Å². The van der Waals surface area contributed by atoms with Gasteiger partial charge in [0.05, 0.1) is 17.6 Å². The van der Waals surface area contributed by atoms with E-state index in [2.05, 4.69) is 33.8 Å². The van der Waals surface area contributed by atoms with Crippen LogP contribution in [0.15, 0.2) is 12.3 Å². The fourth-order valence-corrected chi connectivity index (χ4v) is 2.93. The maximum Gasteiger partial charge on any atom is 0.339 e. The van der Waals surface area contributed by atoms with Gasteiger partial charge in [0.15, 0.2) is 0 Å². The molecule has 1 atom stereocenters. The normalized spacial score (nSPS) is 18.4. The average Bonchev–Trinajstić information content (AvgIpc) is 2.59. The largest absolute Gasteiger partial charge is 0.465 e. The first-order valence-electron chi connectivity index (χ1n) is 8.13. The summed E-state index contributed by atoms with van der Waals surface area (Å²) in [6.45, 7) is 7.04. The predicted octanol–water partition coefficient (Wildman–Crippen LogP) is 2.31. The van der Waals surface area contributed by atoms with E-state index in [1.54, 1.807) is 0 Å². The fourth-order valence-electron chi connectivity index (χ4n) is 2.93. The number of aromatic nitrogens is 1. The molecule has 2 rings (SSSR count). The molecule has 8 nitrogen and oxygen atoms in total. The molecule has 1 N–H and O–H groups in total. The lowest BCUT2D eigenvalue weighted by atomic mass is 9.97. The van der Waals surface area contributed by atoms with Crippen molar-refractivity contribution in [1.29, 1.82) is 0 Å². The minimum Gasteiger partial charge on any atom is -0.465 e. The second-order valence-electron chi connectivity index (χ2n) is 6.32. The lowest BCUT2D eigenvalue weighted by Crippen LogP contribution is -2.41. The van der Waals surface area contributed by atoms with E-state index < -0.39 is 10.9 Å². The number of ether oxygens (including phenoxy) is 1. The molecular formula is C16H24N4O4. The smallest absolute Gasteiger partial charge is 0.339 e. The van der Waals surface area contributed by atoms with Gasteiger partial charge in [-0.15, -0.1) is 0 Å². The van der Waals surface area contributed by atoms with Crippen LogP contribution in [0, 0.1) is 16.0 Å². The zero-order valence-corrected chi connectivity index (χ0v) is 14.3. The van der Waals surface area contributed by atoms with Crippen LogP contribution >= 0.6 is 0 Å². The summed E-state index contributed by atoms with van der Waals surface area (Å²) in [7, 11) is 1.23. The van der Waals surface area contributed by atoms with E-state index in [9.17, 15) is 14.9 Å². The van der Waals surface area contributed by atoms with Crippen molar-refractivity contribution in [1.82, 2.24) is 9.88 Å². The Kier molecular flexibility index (Phi) is 6.08. The molecule has 0 bridgehead atoms. The number of carbonyl (C=O) groups is 1. The first-order chi connectivity index (χ1) is 11.4. The van der Waals surface area contributed by atoms with Crippen LogP contribution in [0.4, 0.5) is 11.5 Å². The highest BCUT2D eigenvalue weighted by Gasteiger charge is 2.24. The molecule has 0 amide bonds. The van der Waals surface area contributed by atoms with Gasteiger partial charge in [-0.05, 0) is 39.2 Å². The summed E-state index contributed by atoms with van der Waals surface area (Å²) in [6, 6.07) is 1.70. The van der Waals surface area contributed by atoms with Gasteiger partial charge in [-0.3, -0.25) is 10.1 Å². The number of rotatable bonds is 6. The van der Waals surface area contributed by atoms with Crippen LogP contribution in [-0.2, 0) is 4.74 Å². The molecule has 0 radical (unpaired) electrons. The maximum atomic E-state index is 11.5. The molecule has 2 heterocycles. The summed E-state index contributed by atoms with van der Waals surface area (Å²) >= 11 is 0. The summed E-state index contributed by atoms with van der Waals surface area (Å²) in [5.41, 5.74) is -0.146. The van der Waals surface area contributed by atoms with Gasteiger partial charge in [0.1, 0.15) is 0 Å². The Labute approximate surface area is 141 Å². The summed E-state index contributed by atoms with van der Waals surface area (Å²) < 4.78 is 4.57. The Morgan fingerprint density at radius 2 is 2.33 bits per heavy atom. The van der Waals surface area contributed by atoms with Crippen molar-refractivity contribution < 1.29 is 14.5 Å². The van der Waals surface area contributed by atoms with Crippen LogP contribution in [-0.4, -0.2) is 53.6 Å². The Bertz CT molecular complexity index is 606. The highest BCUT2D eigenvalue weighted by atomic mass is 16.6. The summed E-state index contributed by atoms with van der Waals surface area (Å²) in [5.74, 6) is -0.0332. The van der Waals surface area contributed by atoms with Gasteiger partial charge in [0.25, 0.3) is 0 Å². The summed E-state index contributed by atoms with van der Waals surface area (Å²) in [5, 5.41) is 14.3. The molecule has 1 aliphatic heterocycles. The number of esters is 1. The lowest BCUT2D eigenvalue weighted by molar-refractivity contribution is -0.384. The molecule has 132 valence electrons. The van der Waals surface area contributed by atoms with Crippen LogP contribution in [0.3, 0.4) is 0 Å². The standard InChI is InChI=1S/C16H24N4O4/c1-11(2)19-6-4-5-12(10-19)8-17-15-14(20(22)23)7-13(9-18-15)16(21)24-3/h7,9,11-12H,4-6,8,10H2,1-3H3,(H,17,18). The molecule has 1 unspecified atom stereocenters. The number of hydrogen-bond acceptors (Lipinski definition) is 7. The van der Waals surface area contributed by atoms with Crippen LogP contribution in [0.25, 0.3) is 0 Å². The van der Waals surface area contributed by atoms with Crippen molar-refractivity contribution in [3.8, 4) is 0 Å². The molecule has 0 aliphatic carbocycles. The van der Waals surface area contributed by atoms with E-state index in [1.807, 2.05) is 0 Å². The number of nitro groups is 1. The number of carbonyl (C=O) groups excluding carboxylic acids is 1. The monoisotopic (exact) mass is 336 g/mol.